The second-order valence-corrected chi connectivity index (χ2v) is 4.55. The number of halogens is 2. The average Bonchev–Trinajstić information content (AvgIpc) is 2.74. The maximum absolute atomic E-state index is 6.44. The number of alkyl halides is 1. The van der Waals surface area contributed by atoms with Crippen molar-refractivity contribution < 1.29 is 9.15 Å². The number of rotatable bonds is 3. The Morgan fingerprint density at radius 2 is 2.00 bits per heavy atom. The Morgan fingerprint density at radius 3 is 2.59 bits per heavy atom. The predicted molar refractivity (Wildman–Crippen MR) is 69.1 cm³/mol. The number of benzene rings is 1. The third-order valence-corrected chi connectivity index (χ3v) is 3.34. The topological polar surface area (TPSA) is 22.4 Å². The van der Waals surface area contributed by atoms with Gasteiger partial charge in [-0.05, 0) is 31.2 Å². The Labute approximate surface area is 110 Å². The van der Waals surface area contributed by atoms with Gasteiger partial charge in [0, 0.05) is 16.1 Å². The van der Waals surface area contributed by atoms with Gasteiger partial charge in [-0.25, -0.2) is 0 Å². The van der Waals surface area contributed by atoms with Gasteiger partial charge in [-0.3, -0.25) is 0 Å². The second-order valence-electron chi connectivity index (χ2n) is 3.68. The van der Waals surface area contributed by atoms with Gasteiger partial charge in [0.05, 0.1) is 18.8 Å². The fourth-order valence-corrected chi connectivity index (χ4v) is 2.31. The van der Waals surface area contributed by atoms with E-state index >= 15 is 0 Å². The molecule has 0 aliphatic heterocycles. The lowest BCUT2D eigenvalue weighted by Crippen LogP contribution is -1.97. The normalized spacial score (nSPS) is 12.5. The van der Waals surface area contributed by atoms with Crippen molar-refractivity contribution in [3.8, 4) is 5.75 Å². The molecule has 2 aromatic rings. The van der Waals surface area contributed by atoms with Crippen LogP contribution >= 0.6 is 23.2 Å². The molecule has 17 heavy (non-hydrogen) atoms. The number of ether oxygens (including phenoxy) is 1. The number of furan rings is 1. The van der Waals surface area contributed by atoms with E-state index in [1.54, 1.807) is 19.4 Å². The molecule has 0 amide bonds. The minimum absolute atomic E-state index is 0.331. The van der Waals surface area contributed by atoms with Gasteiger partial charge in [0.1, 0.15) is 11.5 Å². The Hall–Kier alpha value is -1.12. The molecule has 2 nitrogen and oxygen atoms in total. The molecule has 1 aromatic heterocycles. The molecule has 0 spiro atoms. The van der Waals surface area contributed by atoms with Gasteiger partial charge >= 0.3 is 0 Å². The first-order chi connectivity index (χ1) is 8.13. The molecule has 0 fully saturated rings. The van der Waals surface area contributed by atoms with Gasteiger partial charge in [0.25, 0.3) is 0 Å². The average molecular weight is 271 g/mol. The quantitative estimate of drug-likeness (QED) is 0.762. The summed E-state index contributed by atoms with van der Waals surface area (Å²) < 4.78 is 10.5. The third-order valence-electron chi connectivity index (χ3n) is 2.64. The molecule has 1 heterocycles. The highest BCUT2D eigenvalue weighted by Crippen LogP contribution is 2.38. The molecule has 0 N–H and O–H groups in total. The molecular weight excluding hydrogens is 259 g/mol. The lowest BCUT2D eigenvalue weighted by atomic mass is 10.0. The molecule has 1 aromatic carbocycles. The van der Waals surface area contributed by atoms with Crippen LogP contribution in [0.4, 0.5) is 0 Å². The van der Waals surface area contributed by atoms with Crippen molar-refractivity contribution in [1.82, 2.24) is 0 Å². The Balaban J connectivity index is 2.46. The first-order valence-corrected chi connectivity index (χ1v) is 5.96. The summed E-state index contributed by atoms with van der Waals surface area (Å²) in [6.07, 6.45) is 1.62. The van der Waals surface area contributed by atoms with Crippen molar-refractivity contribution in [2.24, 2.45) is 0 Å². The van der Waals surface area contributed by atoms with Crippen molar-refractivity contribution in [3.63, 3.8) is 0 Å². The highest BCUT2D eigenvalue weighted by atomic mass is 35.5. The van der Waals surface area contributed by atoms with Crippen molar-refractivity contribution in [1.29, 1.82) is 0 Å². The van der Waals surface area contributed by atoms with E-state index in [0.29, 0.717) is 5.02 Å². The summed E-state index contributed by atoms with van der Waals surface area (Å²) in [6, 6.07) is 7.25. The predicted octanol–water partition coefficient (Wildman–Crippen LogP) is 4.58. The van der Waals surface area contributed by atoms with Gasteiger partial charge in [-0.1, -0.05) is 11.6 Å². The van der Waals surface area contributed by atoms with Crippen LogP contribution in [0.25, 0.3) is 0 Å². The van der Waals surface area contributed by atoms with E-state index < -0.39 is 0 Å². The van der Waals surface area contributed by atoms with Crippen LogP contribution in [-0.4, -0.2) is 7.11 Å². The number of methoxy groups -OCH3 is 1. The van der Waals surface area contributed by atoms with Crippen LogP contribution in [0.1, 0.15) is 22.3 Å². The molecule has 0 saturated carbocycles. The number of hydrogen-bond acceptors (Lipinski definition) is 2. The fourth-order valence-electron chi connectivity index (χ4n) is 1.73. The molecule has 0 radical (unpaired) electrons. The summed E-state index contributed by atoms with van der Waals surface area (Å²) in [7, 11) is 1.61. The van der Waals surface area contributed by atoms with Gasteiger partial charge in [0.15, 0.2) is 0 Å². The minimum Gasteiger partial charge on any atom is -0.496 e. The van der Waals surface area contributed by atoms with E-state index in [1.807, 2.05) is 25.1 Å². The van der Waals surface area contributed by atoms with Crippen LogP contribution in [-0.2, 0) is 0 Å². The van der Waals surface area contributed by atoms with E-state index in [4.69, 9.17) is 32.4 Å². The van der Waals surface area contributed by atoms with Gasteiger partial charge in [0.2, 0.25) is 0 Å². The standard InChI is InChI=1S/C13H12Cl2O2/c1-8-10(5-6-17-8)13(15)11-7-9(14)3-4-12(11)16-2/h3-7,13H,1-2H3. The molecule has 0 saturated heterocycles. The zero-order chi connectivity index (χ0) is 12.4. The van der Waals surface area contributed by atoms with E-state index in [1.165, 1.54) is 0 Å². The molecule has 2 rings (SSSR count). The minimum atomic E-state index is -0.331. The van der Waals surface area contributed by atoms with E-state index in [9.17, 15) is 0 Å². The van der Waals surface area contributed by atoms with E-state index in [-0.39, 0.29) is 5.38 Å². The molecule has 0 aliphatic rings. The summed E-state index contributed by atoms with van der Waals surface area (Å²) in [5.41, 5.74) is 1.76. The van der Waals surface area contributed by atoms with Crippen molar-refractivity contribution >= 4 is 23.2 Å². The van der Waals surface area contributed by atoms with E-state index in [0.717, 1.165) is 22.6 Å². The largest absolute Gasteiger partial charge is 0.496 e. The van der Waals surface area contributed by atoms with Crippen LogP contribution in [0, 0.1) is 6.92 Å². The Kier molecular flexibility index (Phi) is 3.65. The number of aryl methyl sites for hydroxylation is 1. The Bertz CT molecular complexity index is 520. The van der Waals surface area contributed by atoms with Gasteiger partial charge < -0.3 is 9.15 Å². The van der Waals surface area contributed by atoms with Crippen molar-refractivity contribution in [3.05, 3.63) is 52.4 Å². The molecular formula is C13H12Cl2O2. The first-order valence-electron chi connectivity index (χ1n) is 5.15. The van der Waals surface area contributed by atoms with Crippen molar-refractivity contribution in [2.45, 2.75) is 12.3 Å². The van der Waals surface area contributed by atoms with Crippen LogP contribution in [0.3, 0.4) is 0 Å². The molecule has 0 aliphatic carbocycles. The van der Waals surface area contributed by atoms with Gasteiger partial charge in [-0.2, -0.15) is 0 Å². The second kappa shape index (κ2) is 5.03. The monoisotopic (exact) mass is 270 g/mol. The maximum atomic E-state index is 6.44. The SMILES string of the molecule is COc1ccc(Cl)cc1C(Cl)c1ccoc1C. The smallest absolute Gasteiger partial charge is 0.124 e. The first kappa shape index (κ1) is 12.3. The lowest BCUT2D eigenvalue weighted by Gasteiger charge is -2.13. The highest BCUT2D eigenvalue weighted by Gasteiger charge is 2.19. The van der Waals surface area contributed by atoms with Crippen LogP contribution < -0.4 is 4.74 Å². The summed E-state index contributed by atoms with van der Waals surface area (Å²) >= 11 is 12.4. The molecule has 1 unspecified atom stereocenters. The molecule has 0 bridgehead atoms. The fraction of sp³-hybridized carbons (Fsp3) is 0.231. The zero-order valence-electron chi connectivity index (χ0n) is 9.54. The number of hydrogen-bond donors (Lipinski definition) is 0. The van der Waals surface area contributed by atoms with Crippen LogP contribution in [0.5, 0.6) is 5.75 Å². The molecule has 1 atom stereocenters. The summed E-state index contributed by atoms with van der Waals surface area (Å²) in [4.78, 5) is 0. The van der Waals surface area contributed by atoms with Crippen LogP contribution in [0.2, 0.25) is 5.02 Å². The molecule has 4 heteroatoms. The zero-order valence-corrected chi connectivity index (χ0v) is 11.0. The van der Waals surface area contributed by atoms with E-state index in [2.05, 4.69) is 0 Å². The third kappa shape index (κ3) is 2.43. The van der Waals surface area contributed by atoms with Crippen LogP contribution in [0.15, 0.2) is 34.9 Å². The lowest BCUT2D eigenvalue weighted by molar-refractivity contribution is 0.410. The highest BCUT2D eigenvalue weighted by molar-refractivity contribution is 6.31. The van der Waals surface area contributed by atoms with Crippen molar-refractivity contribution in [2.75, 3.05) is 7.11 Å². The van der Waals surface area contributed by atoms with Gasteiger partial charge in [-0.15, -0.1) is 11.6 Å². The summed E-state index contributed by atoms with van der Waals surface area (Å²) in [5.74, 6) is 1.52. The maximum Gasteiger partial charge on any atom is 0.124 e. The summed E-state index contributed by atoms with van der Waals surface area (Å²) in [6.45, 7) is 1.88. The Morgan fingerprint density at radius 1 is 1.24 bits per heavy atom. The summed E-state index contributed by atoms with van der Waals surface area (Å²) in [5, 5.41) is 0.301. The molecule has 90 valence electrons.